The van der Waals surface area contributed by atoms with E-state index in [0.717, 1.165) is 48.6 Å². The SMILES string of the molecule is CCCCOC(=O)N1CCC(=C/C=C/C=C/C(=O)O)c2cc3c(cc21)C(C)(C)CCC3(C)C. The molecular formula is C28H37NO4. The van der Waals surface area contributed by atoms with Gasteiger partial charge in [0.05, 0.1) is 12.3 Å². The maximum absolute atomic E-state index is 13.0. The molecule has 0 saturated heterocycles. The minimum Gasteiger partial charge on any atom is -0.478 e. The Morgan fingerprint density at radius 3 is 2.36 bits per heavy atom. The number of carboxylic acid groups (broad SMARTS) is 1. The Labute approximate surface area is 197 Å². The highest BCUT2D eigenvalue weighted by atomic mass is 16.6. The Kier molecular flexibility index (Phi) is 7.51. The predicted molar refractivity (Wildman–Crippen MR) is 134 cm³/mol. The molecular weight excluding hydrogens is 414 g/mol. The zero-order valence-electron chi connectivity index (χ0n) is 20.6. The van der Waals surface area contributed by atoms with Gasteiger partial charge in [-0.05, 0) is 65.3 Å². The van der Waals surface area contributed by atoms with Gasteiger partial charge in [0, 0.05) is 18.2 Å². The molecule has 0 spiro atoms. The lowest BCUT2D eigenvalue weighted by Crippen LogP contribution is -2.38. The average molecular weight is 452 g/mol. The zero-order chi connectivity index (χ0) is 24.2. The molecule has 5 nitrogen and oxygen atoms in total. The van der Waals surface area contributed by atoms with Crippen LogP contribution in [0.25, 0.3) is 5.57 Å². The van der Waals surface area contributed by atoms with Gasteiger partial charge in [-0.1, -0.05) is 65.3 Å². The standard InChI is InChI=1S/C28H37NO4/c1-6-7-17-33-26(32)29-16-13-20(11-9-8-10-12-25(30)31)21-18-22-23(19-24(21)29)28(4,5)15-14-27(22,2)3/h8-12,18-19H,6-7,13-17H2,1-5H3,(H,30,31)/b9-8+,12-10+,20-11?. The predicted octanol–water partition coefficient (Wildman–Crippen LogP) is 6.76. The first-order valence-corrected chi connectivity index (χ1v) is 12.0. The number of unbranched alkanes of at least 4 members (excludes halogenated alkanes) is 1. The number of rotatable bonds is 6. The number of ether oxygens (including phenoxy) is 1. The maximum Gasteiger partial charge on any atom is 0.414 e. The van der Waals surface area contributed by atoms with Gasteiger partial charge < -0.3 is 9.84 Å². The molecule has 1 aliphatic carbocycles. The van der Waals surface area contributed by atoms with Crippen LogP contribution in [0.4, 0.5) is 10.5 Å². The number of amides is 1. The summed E-state index contributed by atoms with van der Waals surface area (Å²) in [5.74, 6) is -0.969. The van der Waals surface area contributed by atoms with Gasteiger partial charge >= 0.3 is 12.1 Å². The third-order valence-electron chi connectivity index (χ3n) is 6.91. The molecule has 0 fully saturated rings. The van der Waals surface area contributed by atoms with Crippen molar-refractivity contribution in [2.45, 2.75) is 77.6 Å². The molecule has 0 aromatic heterocycles. The van der Waals surface area contributed by atoms with Crippen LogP contribution in [0, 0.1) is 0 Å². The van der Waals surface area contributed by atoms with Crippen LogP contribution in [-0.4, -0.2) is 30.3 Å². The topological polar surface area (TPSA) is 66.8 Å². The van der Waals surface area contributed by atoms with Gasteiger partial charge in [0.1, 0.15) is 0 Å². The minimum absolute atomic E-state index is 0.0422. The van der Waals surface area contributed by atoms with Gasteiger partial charge in [-0.25, -0.2) is 9.59 Å². The lowest BCUT2D eigenvalue weighted by Gasteiger charge is -2.43. The van der Waals surface area contributed by atoms with Crippen LogP contribution in [0.3, 0.4) is 0 Å². The summed E-state index contributed by atoms with van der Waals surface area (Å²) in [7, 11) is 0. The Hall–Kier alpha value is -2.82. The lowest BCUT2D eigenvalue weighted by molar-refractivity contribution is -0.131. The summed E-state index contributed by atoms with van der Waals surface area (Å²) in [6, 6.07) is 4.50. The van der Waals surface area contributed by atoms with Crippen LogP contribution in [0.5, 0.6) is 0 Å². The normalized spacial score (nSPS) is 20.2. The van der Waals surface area contributed by atoms with Crippen molar-refractivity contribution in [1.82, 2.24) is 0 Å². The van der Waals surface area contributed by atoms with Crippen LogP contribution in [0.15, 0.2) is 42.5 Å². The number of aliphatic carboxylic acids is 1. The van der Waals surface area contributed by atoms with Crippen molar-refractivity contribution in [2.75, 3.05) is 18.1 Å². The van der Waals surface area contributed by atoms with Crippen LogP contribution in [0.1, 0.15) is 83.4 Å². The summed E-state index contributed by atoms with van der Waals surface area (Å²) in [6.45, 7) is 12.2. The van der Waals surface area contributed by atoms with E-state index in [9.17, 15) is 9.59 Å². The summed E-state index contributed by atoms with van der Waals surface area (Å²) in [5.41, 5.74) is 5.88. The van der Waals surface area contributed by atoms with Gasteiger partial charge in [0.2, 0.25) is 0 Å². The Balaban J connectivity index is 2.07. The average Bonchev–Trinajstić information content (AvgIpc) is 2.75. The molecule has 5 heteroatoms. The van der Waals surface area contributed by atoms with Crippen LogP contribution in [-0.2, 0) is 20.4 Å². The van der Waals surface area contributed by atoms with Crippen LogP contribution in [0.2, 0.25) is 0 Å². The molecule has 0 unspecified atom stereocenters. The van der Waals surface area contributed by atoms with Crippen molar-refractivity contribution < 1.29 is 19.4 Å². The number of anilines is 1. The molecule has 1 aromatic rings. The molecule has 3 rings (SSSR count). The second-order valence-electron chi connectivity index (χ2n) is 10.3. The van der Waals surface area contributed by atoms with Crippen molar-refractivity contribution in [3.63, 3.8) is 0 Å². The fourth-order valence-electron chi connectivity index (χ4n) is 4.69. The molecule has 0 saturated carbocycles. The quantitative estimate of drug-likeness (QED) is 0.295. The van der Waals surface area contributed by atoms with Gasteiger partial charge in [0.15, 0.2) is 0 Å². The van der Waals surface area contributed by atoms with Crippen molar-refractivity contribution >= 4 is 23.3 Å². The van der Waals surface area contributed by atoms with E-state index >= 15 is 0 Å². The van der Waals surface area contributed by atoms with E-state index in [0.29, 0.717) is 19.6 Å². The van der Waals surface area contributed by atoms with Crippen molar-refractivity contribution in [3.05, 3.63) is 59.2 Å². The van der Waals surface area contributed by atoms with Gasteiger partial charge in [0.25, 0.3) is 0 Å². The van der Waals surface area contributed by atoms with E-state index in [-0.39, 0.29) is 16.9 Å². The number of carboxylic acids is 1. The number of fused-ring (bicyclic) bond motifs is 2. The highest BCUT2D eigenvalue weighted by Crippen LogP contribution is 2.49. The lowest BCUT2D eigenvalue weighted by atomic mass is 9.62. The van der Waals surface area contributed by atoms with Gasteiger partial charge in [-0.2, -0.15) is 0 Å². The molecule has 1 amide bonds. The highest BCUT2D eigenvalue weighted by Gasteiger charge is 2.39. The first-order chi connectivity index (χ1) is 15.6. The monoisotopic (exact) mass is 451 g/mol. The summed E-state index contributed by atoms with van der Waals surface area (Å²) >= 11 is 0. The smallest absolute Gasteiger partial charge is 0.414 e. The number of nitrogens with zero attached hydrogens (tertiary/aromatic N) is 1. The van der Waals surface area contributed by atoms with Gasteiger partial charge in [-0.3, -0.25) is 4.90 Å². The number of benzene rings is 1. The van der Waals surface area contributed by atoms with Crippen LogP contribution >= 0.6 is 0 Å². The molecule has 178 valence electrons. The van der Waals surface area contributed by atoms with Gasteiger partial charge in [-0.15, -0.1) is 0 Å². The third-order valence-corrected chi connectivity index (χ3v) is 6.91. The molecule has 1 N–H and O–H groups in total. The summed E-state index contributed by atoms with van der Waals surface area (Å²) < 4.78 is 5.58. The molecule has 0 atom stereocenters. The number of carbonyl (C=O) groups excluding carboxylic acids is 1. The van der Waals surface area contributed by atoms with E-state index in [1.807, 2.05) is 12.2 Å². The Bertz CT molecular complexity index is 997. The molecule has 33 heavy (non-hydrogen) atoms. The van der Waals surface area contributed by atoms with Crippen molar-refractivity contribution in [3.8, 4) is 0 Å². The third kappa shape index (κ3) is 5.58. The van der Waals surface area contributed by atoms with E-state index in [1.165, 1.54) is 17.2 Å². The van der Waals surface area contributed by atoms with Crippen molar-refractivity contribution in [1.29, 1.82) is 0 Å². The fourth-order valence-corrected chi connectivity index (χ4v) is 4.69. The summed E-state index contributed by atoms with van der Waals surface area (Å²) in [6.07, 6.45) is 12.7. The fraction of sp³-hybridized carbons (Fsp3) is 0.500. The number of hydrogen-bond acceptors (Lipinski definition) is 3. The zero-order valence-corrected chi connectivity index (χ0v) is 20.6. The molecule has 0 radical (unpaired) electrons. The maximum atomic E-state index is 13.0. The van der Waals surface area contributed by atoms with E-state index in [2.05, 4.69) is 46.8 Å². The Morgan fingerprint density at radius 1 is 1.06 bits per heavy atom. The largest absolute Gasteiger partial charge is 0.478 e. The van der Waals surface area contributed by atoms with E-state index in [1.54, 1.807) is 11.0 Å². The number of hydrogen-bond donors (Lipinski definition) is 1. The number of allylic oxidation sites excluding steroid dienone is 4. The first-order valence-electron chi connectivity index (χ1n) is 12.0. The summed E-state index contributed by atoms with van der Waals surface area (Å²) in [4.78, 5) is 25.4. The molecule has 2 aliphatic rings. The molecule has 1 aromatic carbocycles. The second-order valence-corrected chi connectivity index (χ2v) is 10.3. The minimum atomic E-state index is -0.969. The van der Waals surface area contributed by atoms with E-state index in [4.69, 9.17) is 9.84 Å². The molecule has 1 aliphatic heterocycles. The molecule has 0 bridgehead atoms. The molecule has 1 heterocycles. The second kappa shape index (κ2) is 9.98. The summed E-state index contributed by atoms with van der Waals surface area (Å²) in [5, 5.41) is 8.77. The Morgan fingerprint density at radius 2 is 1.73 bits per heavy atom. The van der Waals surface area contributed by atoms with E-state index < -0.39 is 5.97 Å². The van der Waals surface area contributed by atoms with Crippen molar-refractivity contribution in [2.24, 2.45) is 0 Å². The number of carbonyl (C=O) groups is 2. The highest BCUT2D eigenvalue weighted by molar-refractivity contribution is 5.95. The first kappa shape index (κ1) is 24.8. The van der Waals surface area contributed by atoms with Crippen LogP contribution < -0.4 is 4.90 Å².